The lowest BCUT2D eigenvalue weighted by Gasteiger charge is -2.02. The summed E-state index contributed by atoms with van der Waals surface area (Å²) in [7, 11) is 0. The third kappa shape index (κ3) is 2.17. The first kappa shape index (κ1) is 12.1. The number of nitrogens with zero attached hydrogens (tertiary/aromatic N) is 2. The van der Waals surface area contributed by atoms with Crippen LogP contribution in [0.15, 0.2) is 24.3 Å². The largest absolute Gasteiger partial charge is 0.465 e. The Morgan fingerprint density at radius 3 is 2.78 bits per heavy atom. The van der Waals surface area contributed by atoms with E-state index in [1.165, 1.54) is 4.68 Å². The second-order valence-electron chi connectivity index (χ2n) is 3.69. The summed E-state index contributed by atoms with van der Waals surface area (Å²) >= 11 is 0. The molecule has 18 heavy (non-hydrogen) atoms. The summed E-state index contributed by atoms with van der Waals surface area (Å²) in [6.07, 6.45) is 0. The molecule has 0 fully saturated rings. The maximum absolute atomic E-state index is 11.4. The van der Waals surface area contributed by atoms with Crippen molar-refractivity contribution in [1.82, 2.24) is 9.78 Å². The second-order valence-corrected chi connectivity index (χ2v) is 3.69. The van der Waals surface area contributed by atoms with E-state index in [9.17, 15) is 9.59 Å². The summed E-state index contributed by atoms with van der Waals surface area (Å²) in [6.45, 7) is 2.00. The molecule has 0 aliphatic carbocycles. The molecule has 0 atom stereocenters. The van der Waals surface area contributed by atoms with E-state index in [2.05, 4.69) is 5.10 Å². The van der Waals surface area contributed by atoms with E-state index in [0.29, 0.717) is 17.5 Å². The Morgan fingerprint density at radius 2 is 2.11 bits per heavy atom. The van der Waals surface area contributed by atoms with E-state index in [1.807, 2.05) is 0 Å². The fourth-order valence-electron chi connectivity index (χ4n) is 1.76. The zero-order chi connectivity index (χ0) is 13.1. The smallest absolute Gasteiger partial charge is 0.327 e. The molecular formula is C12H13N3O3. The van der Waals surface area contributed by atoms with Gasteiger partial charge in [0.1, 0.15) is 6.54 Å². The molecule has 2 aromatic rings. The van der Waals surface area contributed by atoms with Gasteiger partial charge in [0.05, 0.1) is 12.1 Å². The van der Waals surface area contributed by atoms with Crippen LogP contribution in [0.5, 0.6) is 0 Å². The Morgan fingerprint density at radius 1 is 1.39 bits per heavy atom. The van der Waals surface area contributed by atoms with Crippen LogP contribution in [0.3, 0.4) is 0 Å². The van der Waals surface area contributed by atoms with Crippen molar-refractivity contribution in [2.24, 2.45) is 5.73 Å². The van der Waals surface area contributed by atoms with Crippen LogP contribution in [-0.2, 0) is 16.1 Å². The number of benzene rings is 1. The molecule has 6 heteroatoms. The second kappa shape index (κ2) is 4.87. The number of nitrogens with two attached hydrogens (primary N) is 1. The summed E-state index contributed by atoms with van der Waals surface area (Å²) in [5.41, 5.74) is 6.09. The van der Waals surface area contributed by atoms with E-state index in [-0.39, 0.29) is 12.2 Å². The Bertz CT molecular complexity index is 604. The first-order chi connectivity index (χ1) is 8.63. The molecule has 0 radical (unpaired) electrons. The van der Waals surface area contributed by atoms with E-state index in [1.54, 1.807) is 31.2 Å². The first-order valence-electron chi connectivity index (χ1n) is 5.54. The SMILES string of the molecule is CCOC(=O)Cn1nc(C(N)=O)c2ccccc21. The average molecular weight is 247 g/mol. The topological polar surface area (TPSA) is 87.2 Å². The normalized spacial score (nSPS) is 10.5. The molecule has 94 valence electrons. The van der Waals surface area contributed by atoms with Gasteiger partial charge in [0, 0.05) is 5.39 Å². The number of fused-ring (bicyclic) bond motifs is 1. The number of ether oxygens (including phenoxy) is 1. The predicted octanol–water partition coefficient (Wildman–Crippen LogP) is 0.698. The number of hydrogen-bond donors (Lipinski definition) is 1. The van der Waals surface area contributed by atoms with Crippen LogP contribution >= 0.6 is 0 Å². The molecule has 0 bridgehead atoms. The predicted molar refractivity (Wildman–Crippen MR) is 64.9 cm³/mol. The fraction of sp³-hybridized carbons (Fsp3) is 0.250. The zero-order valence-corrected chi connectivity index (χ0v) is 9.92. The van der Waals surface area contributed by atoms with Gasteiger partial charge in [0.15, 0.2) is 5.69 Å². The number of rotatable bonds is 4. The fourth-order valence-corrected chi connectivity index (χ4v) is 1.76. The molecule has 1 aromatic carbocycles. The average Bonchev–Trinajstić information content (AvgIpc) is 2.69. The molecule has 2 rings (SSSR count). The third-order valence-electron chi connectivity index (χ3n) is 2.48. The van der Waals surface area contributed by atoms with E-state index < -0.39 is 11.9 Å². The number of primary amides is 1. The van der Waals surface area contributed by atoms with E-state index in [4.69, 9.17) is 10.5 Å². The van der Waals surface area contributed by atoms with Crippen molar-refractivity contribution in [1.29, 1.82) is 0 Å². The molecule has 6 nitrogen and oxygen atoms in total. The van der Waals surface area contributed by atoms with Crippen molar-refractivity contribution >= 4 is 22.8 Å². The van der Waals surface area contributed by atoms with Crippen molar-refractivity contribution < 1.29 is 14.3 Å². The lowest BCUT2D eigenvalue weighted by atomic mass is 10.2. The minimum absolute atomic E-state index is 0.0400. The summed E-state index contributed by atoms with van der Waals surface area (Å²) < 4.78 is 6.27. The van der Waals surface area contributed by atoms with Crippen LogP contribution in [0.4, 0.5) is 0 Å². The number of aromatic nitrogens is 2. The molecule has 1 heterocycles. The van der Waals surface area contributed by atoms with Gasteiger partial charge in [-0.05, 0) is 13.0 Å². The quantitative estimate of drug-likeness (QED) is 0.805. The number of para-hydroxylation sites is 1. The standard InChI is InChI=1S/C12H13N3O3/c1-2-18-10(16)7-15-9-6-4-3-5-8(9)11(14-15)12(13)17/h3-6H,2,7H2,1H3,(H2,13,17). The summed E-state index contributed by atoms with van der Waals surface area (Å²) in [5, 5.41) is 4.69. The lowest BCUT2D eigenvalue weighted by Crippen LogP contribution is -2.16. The summed E-state index contributed by atoms with van der Waals surface area (Å²) in [4.78, 5) is 22.7. The molecule has 2 N–H and O–H groups in total. The molecule has 1 amide bonds. The molecule has 0 aliphatic heterocycles. The van der Waals surface area contributed by atoms with E-state index >= 15 is 0 Å². The number of hydrogen-bond acceptors (Lipinski definition) is 4. The van der Waals surface area contributed by atoms with Gasteiger partial charge < -0.3 is 10.5 Å². The summed E-state index contributed by atoms with van der Waals surface area (Å²) in [5.74, 6) is -1.02. The van der Waals surface area contributed by atoms with E-state index in [0.717, 1.165) is 0 Å². The van der Waals surface area contributed by atoms with Crippen LogP contribution < -0.4 is 5.73 Å². The van der Waals surface area contributed by atoms with Gasteiger partial charge in [-0.15, -0.1) is 0 Å². The van der Waals surface area contributed by atoms with Gasteiger partial charge in [-0.1, -0.05) is 18.2 Å². The monoisotopic (exact) mass is 247 g/mol. The highest BCUT2D eigenvalue weighted by atomic mass is 16.5. The number of carbonyl (C=O) groups is 2. The van der Waals surface area contributed by atoms with Gasteiger partial charge >= 0.3 is 5.97 Å². The van der Waals surface area contributed by atoms with Crippen molar-refractivity contribution in [3.63, 3.8) is 0 Å². The molecule has 0 unspecified atom stereocenters. The molecule has 1 aromatic heterocycles. The van der Waals surface area contributed by atoms with Gasteiger partial charge in [0.2, 0.25) is 0 Å². The Hall–Kier alpha value is -2.37. The van der Waals surface area contributed by atoms with Crippen molar-refractivity contribution in [2.75, 3.05) is 6.61 Å². The van der Waals surface area contributed by atoms with Gasteiger partial charge in [-0.2, -0.15) is 5.10 Å². The van der Waals surface area contributed by atoms with Gasteiger partial charge in [0.25, 0.3) is 5.91 Å². The number of esters is 1. The highest BCUT2D eigenvalue weighted by molar-refractivity contribution is 6.04. The van der Waals surface area contributed by atoms with Gasteiger partial charge in [-0.25, -0.2) is 0 Å². The first-order valence-corrected chi connectivity index (χ1v) is 5.54. The molecule has 0 aliphatic rings. The minimum atomic E-state index is -0.617. The Kier molecular flexibility index (Phi) is 3.27. The highest BCUT2D eigenvalue weighted by Crippen LogP contribution is 2.17. The zero-order valence-electron chi connectivity index (χ0n) is 9.92. The van der Waals surface area contributed by atoms with Crippen LogP contribution in [0.25, 0.3) is 10.9 Å². The minimum Gasteiger partial charge on any atom is -0.465 e. The van der Waals surface area contributed by atoms with Crippen molar-refractivity contribution in [3.8, 4) is 0 Å². The van der Waals surface area contributed by atoms with Crippen molar-refractivity contribution in [3.05, 3.63) is 30.0 Å². The molecule has 0 saturated heterocycles. The third-order valence-corrected chi connectivity index (χ3v) is 2.48. The van der Waals surface area contributed by atoms with Crippen LogP contribution in [0, 0.1) is 0 Å². The van der Waals surface area contributed by atoms with Crippen LogP contribution in [0.2, 0.25) is 0 Å². The molecule has 0 spiro atoms. The van der Waals surface area contributed by atoms with Crippen molar-refractivity contribution in [2.45, 2.75) is 13.5 Å². The number of amides is 1. The molecular weight excluding hydrogens is 234 g/mol. The Balaban J connectivity index is 2.45. The number of carbonyl (C=O) groups excluding carboxylic acids is 2. The summed E-state index contributed by atoms with van der Waals surface area (Å²) in [6, 6.07) is 7.10. The maximum Gasteiger partial charge on any atom is 0.327 e. The van der Waals surface area contributed by atoms with Crippen LogP contribution in [-0.4, -0.2) is 28.3 Å². The highest BCUT2D eigenvalue weighted by Gasteiger charge is 2.16. The Labute approximate surface area is 103 Å². The maximum atomic E-state index is 11.4. The van der Waals surface area contributed by atoms with Gasteiger partial charge in [-0.3, -0.25) is 14.3 Å². The van der Waals surface area contributed by atoms with Crippen LogP contribution in [0.1, 0.15) is 17.4 Å². The lowest BCUT2D eigenvalue weighted by molar-refractivity contribution is -0.143. The molecule has 0 saturated carbocycles.